The Kier molecular flexibility index (Phi) is 5.60. The summed E-state index contributed by atoms with van der Waals surface area (Å²) in [5.74, 6) is 1.41. The van der Waals surface area contributed by atoms with Crippen LogP contribution < -0.4 is 10.2 Å². The molecular formula is C22H33N7O. The highest BCUT2D eigenvalue weighted by Gasteiger charge is 2.36. The van der Waals surface area contributed by atoms with E-state index in [0.29, 0.717) is 0 Å². The summed E-state index contributed by atoms with van der Waals surface area (Å²) in [4.78, 5) is 24.7. The second-order valence-electron chi connectivity index (χ2n) is 9.06. The predicted molar refractivity (Wildman–Crippen MR) is 117 cm³/mol. The molecule has 2 aromatic heterocycles. The van der Waals surface area contributed by atoms with Gasteiger partial charge in [-0.3, -0.25) is 4.79 Å². The van der Waals surface area contributed by atoms with Gasteiger partial charge in [0.05, 0.1) is 17.8 Å². The summed E-state index contributed by atoms with van der Waals surface area (Å²) in [6.07, 6.45) is 7.46. The molecule has 5 heterocycles. The second-order valence-corrected chi connectivity index (χ2v) is 9.06. The van der Waals surface area contributed by atoms with E-state index in [0.717, 1.165) is 70.0 Å². The van der Waals surface area contributed by atoms with Crippen LogP contribution in [0.2, 0.25) is 0 Å². The normalized spacial score (nSPS) is 20.9. The molecule has 0 spiro atoms. The Balaban J connectivity index is 1.21. The number of amides is 1. The molecule has 0 atom stereocenters. The van der Waals surface area contributed by atoms with Crippen molar-refractivity contribution in [2.75, 3.05) is 64.3 Å². The summed E-state index contributed by atoms with van der Waals surface area (Å²) in [5.41, 5.74) is 3.40. The molecule has 162 valence electrons. The van der Waals surface area contributed by atoms with Gasteiger partial charge in [0.15, 0.2) is 5.65 Å². The van der Waals surface area contributed by atoms with Crippen LogP contribution in [0.4, 0.5) is 5.82 Å². The lowest BCUT2D eigenvalue weighted by Crippen LogP contribution is -2.55. The first-order valence-electron chi connectivity index (χ1n) is 11.5. The predicted octanol–water partition coefficient (Wildman–Crippen LogP) is 0.798. The van der Waals surface area contributed by atoms with Gasteiger partial charge in [-0.25, -0.2) is 4.98 Å². The number of carbonyl (C=O) groups excluding carboxylic acids is 1. The van der Waals surface area contributed by atoms with Crippen LogP contribution in [-0.2, 0) is 17.6 Å². The van der Waals surface area contributed by atoms with Crippen molar-refractivity contribution in [3.05, 3.63) is 23.5 Å². The molecule has 0 saturated carbocycles. The van der Waals surface area contributed by atoms with Gasteiger partial charge in [-0.2, -0.15) is 9.61 Å². The molecule has 2 fully saturated rings. The van der Waals surface area contributed by atoms with Gasteiger partial charge in [0.2, 0.25) is 5.91 Å². The first kappa shape index (κ1) is 19.8. The number of carbonyl (C=O) groups is 1. The van der Waals surface area contributed by atoms with E-state index in [1.54, 1.807) is 0 Å². The van der Waals surface area contributed by atoms with Gasteiger partial charge in [-0.1, -0.05) is 0 Å². The maximum absolute atomic E-state index is 12.6. The SMILES string of the molecule is CN1CCc2nc3ccnn3c(N3CC(C(=O)NCCCN4CCCC4)C3)c2CC1. The van der Waals surface area contributed by atoms with Crippen molar-refractivity contribution in [2.45, 2.75) is 32.1 Å². The maximum atomic E-state index is 12.6. The van der Waals surface area contributed by atoms with Crippen LogP contribution in [0, 0.1) is 5.92 Å². The summed E-state index contributed by atoms with van der Waals surface area (Å²) in [7, 11) is 2.17. The van der Waals surface area contributed by atoms with E-state index in [4.69, 9.17) is 4.98 Å². The van der Waals surface area contributed by atoms with Crippen molar-refractivity contribution in [1.29, 1.82) is 0 Å². The Morgan fingerprint density at radius 3 is 2.80 bits per heavy atom. The van der Waals surface area contributed by atoms with Crippen molar-refractivity contribution in [1.82, 2.24) is 29.7 Å². The topological polar surface area (TPSA) is 69.0 Å². The quantitative estimate of drug-likeness (QED) is 0.709. The number of likely N-dealkylation sites (tertiary alicyclic amines) is 1. The number of nitrogens with one attached hydrogen (secondary N) is 1. The van der Waals surface area contributed by atoms with Crippen LogP contribution in [0.5, 0.6) is 0 Å². The van der Waals surface area contributed by atoms with Crippen LogP contribution in [0.25, 0.3) is 5.65 Å². The molecule has 1 N–H and O–H groups in total. The van der Waals surface area contributed by atoms with Gasteiger partial charge >= 0.3 is 0 Å². The third kappa shape index (κ3) is 3.90. The third-order valence-electron chi connectivity index (χ3n) is 6.87. The lowest BCUT2D eigenvalue weighted by Gasteiger charge is -2.41. The zero-order valence-corrected chi connectivity index (χ0v) is 18.0. The van der Waals surface area contributed by atoms with E-state index >= 15 is 0 Å². The maximum Gasteiger partial charge on any atom is 0.226 e. The number of nitrogens with zero attached hydrogens (tertiary/aromatic N) is 6. The number of rotatable bonds is 6. The first-order valence-corrected chi connectivity index (χ1v) is 11.5. The molecule has 2 saturated heterocycles. The minimum Gasteiger partial charge on any atom is -0.356 e. The number of hydrogen-bond acceptors (Lipinski definition) is 6. The summed E-state index contributed by atoms with van der Waals surface area (Å²) < 4.78 is 1.97. The van der Waals surface area contributed by atoms with E-state index in [2.05, 4.69) is 32.2 Å². The third-order valence-corrected chi connectivity index (χ3v) is 6.87. The highest BCUT2D eigenvalue weighted by atomic mass is 16.2. The minimum atomic E-state index is 0.0691. The lowest BCUT2D eigenvalue weighted by molar-refractivity contribution is -0.125. The molecule has 0 aromatic carbocycles. The Morgan fingerprint density at radius 2 is 1.97 bits per heavy atom. The Hall–Kier alpha value is -2.19. The van der Waals surface area contributed by atoms with Crippen LogP contribution in [-0.4, -0.2) is 89.7 Å². The molecule has 3 aliphatic heterocycles. The molecule has 0 unspecified atom stereocenters. The summed E-state index contributed by atoms with van der Waals surface area (Å²) in [6, 6.07) is 1.97. The standard InChI is InChI=1S/C22H33N7O/c1-26-13-6-18-19(7-14-26)25-20-5-9-24-29(20)22(18)28-15-17(16-28)21(30)23-8-4-12-27-10-2-3-11-27/h5,9,17H,2-4,6-8,10-16H2,1H3,(H,23,30). The summed E-state index contributed by atoms with van der Waals surface area (Å²) >= 11 is 0. The van der Waals surface area contributed by atoms with E-state index in [9.17, 15) is 4.79 Å². The monoisotopic (exact) mass is 411 g/mol. The zero-order chi connectivity index (χ0) is 20.5. The van der Waals surface area contributed by atoms with Crippen molar-refractivity contribution in [2.24, 2.45) is 5.92 Å². The number of anilines is 1. The highest BCUT2D eigenvalue weighted by molar-refractivity contribution is 5.82. The van der Waals surface area contributed by atoms with Crippen LogP contribution in [0.1, 0.15) is 30.5 Å². The molecule has 2 aromatic rings. The van der Waals surface area contributed by atoms with Gasteiger partial charge in [0.1, 0.15) is 5.82 Å². The number of likely N-dealkylation sites (N-methyl/N-ethyl adjacent to an activating group) is 1. The van der Waals surface area contributed by atoms with Crippen LogP contribution >= 0.6 is 0 Å². The van der Waals surface area contributed by atoms with E-state index in [1.807, 2.05) is 16.8 Å². The molecule has 30 heavy (non-hydrogen) atoms. The fraction of sp³-hybridized carbons (Fsp3) is 0.682. The van der Waals surface area contributed by atoms with Gasteiger partial charge in [0, 0.05) is 50.8 Å². The second kappa shape index (κ2) is 8.51. The van der Waals surface area contributed by atoms with Crippen molar-refractivity contribution >= 4 is 17.4 Å². The Morgan fingerprint density at radius 1 is 1.17 bits per heavy atom. The molecule has 1 amide bonds. The number of aromatic nitrogens is 3. The zero-order valence-electron chi connectivity index (χ0n) is 18.0. The molecule has 3 aliphatic rings. The molecular weight excluding hydrogens is 378 g/mol. The van der Waals surface area contributed by atoms with Gasteiger partial charge in [0.25, 0.3) is 0 Å². The average molecular weight is 412 g/mol. The minimum absolute atomic E-state index is 0.0691. The number of hydrogen-bond donors (Lipinski definition) is 1. The Labute approximate surface area is 178 Å². The van der Waals surface area contributed by atoms with Crippen molar-refractivity contribution in [3.8, 4) is 0 Å². The summed E-state index contributed by atoms with van der Waals surface area (Å²) in [5, 5.41) is 7.70. The van der Waals surface area contributed by atoms with E-state index in [1.165, 1.54) is 37.2 Å². The van der Waals surface area contributed by atoms with Crippen molar-refractivity contribution < 1.29 is 4.79 Å². The molecule has 0 radical (unpaired) electrons. The largest absolute Gasteiger partial charge is 0.356 e. The fourth-order valence-corrected chi connectivity index (χ4v) is 4.99. The molecule has 0 aliphatic carbocycles. The molecule has 5 rings (SSSR count). The molecule has 8 nitrogen and oxygen atoms in total. The highest BCUT2D eigenvalue weighted by Crippen LogP contribution is 2.32. The van der Waals surface area contributed by atoms with Gasteiger partial charge in [-0.05, 0) is 52.4 Å². The molecule has 0 bridgehead atoms. The number of fused-ring (bicyclic) bond motifs is 2. The lowest BCUT2D eigenvalue weighted by atomic mass is 9.97. The van der Waals surface area contributed by atoms with E-state index in [-0.39, 0.29) is 11.8 Å². The molecule has 8 heteroatoms. The van der Waals surface area contributed by atoms with Gasteiger partial charge < -0.3 is 20.0 Å². The van der Waals surface area contributed by atoms with Crippen LogP contribution in [0.15, 0.2) is 12.3 Å². The van der Waals surface area contributed by atoms with Gasteiger partial charge in [-0.15, -0.1) is 0 Å². The van der Waals surface area contributed by atoms with E-state index < -0.39 is 0 Å². The van der Waals surface area contributed by atoms with Crippen LogP contribution in [0.3, 0.4) is 0 Å². The smallest absolute Gasteiger partial charge is 0.226 e. The fourth-order valence-electron chi connectivity index (χ4n) is 4.99. The Bertz CT molecular complexity index is 898. The summed E-state index contributed by atoms with van der Waals surface area (Å²) in [6.45, 7) is 7.92. The average Bonchev–Trinajstić information content (AvgIpc) is 3.35. The van der Waals surface area contributed by atoms with Crippen molar-refractivity contribution in [3.63, 3.8) is 0 Å². The first-order chi connectivity index (χ1) is 14.7.